The summed E-state index contributed by atoms with van der Waals surface area (Å²) in [5, 5.41) is 0. The summed E-state index contributed by atoms with van der Waals surface area (Å²) < 4.78 is 21.0. The summed E-state index contributed by atoms with van der Waals surface area (Å²) in [5.41, 5.74) is 6.59. The van der Waals surface area contributed by atoms with Crippen LogP contribution in [0.2, 0.25) is 0 Å². The predicted molar refractivity (Wildman–Crippen MR) is 118 cm³/mol. The van der Waals surface area contributed by atoms with Gasteiger partial charge in [0.1, 0.15) is 18.2 Å². The van der Waals surface area contributed by atoms with E-state index < -0.39 is 36.2 Å². The minimum atomic E-state index is -1.00. The number of rotatable bonds is 9. The molecule has 0 bridgehead atoms. The molecular weight excluding hydrogens is 430 g/mol. The summed E-state index contributed by atoms with van der Waals surface area (Å²) in [6.45, 7) is 5.78. The van der Waals surface area contributed by atoms with Crippen molar-refractivity contribution in [2.24, 2.45) is 11.7 Å². The number of hydrogen-bond acceptors (Lipinski definition) is 9. The molecule has 2 N–H and O–H groups in total. The van der Waals surface area contributed by atoms with Crippen molar-refractivity contribution in [2.75, 3.05) is 0 Å². The third-order valence-electron chi connectivity index (χ3n) is 5.48. The standard InChI is InChI=1S/C24H33NO8/c1-14(30-23(28)19-8-6-5-7-9-19)15(2)31-24(29)20(25)12-18-10-11-21(32-16(3)26)22(13-18)33-17(4)27/h10-11,13-15,19-20H,5-9,12,25H2,1-4H3/t14-,15-,20-/m0/s1. The van der Waals surface area contributed by atoms with E-state index in [1.807, 2.05) is 0 Å². The Hall–Kier alpha value is -2.94. The van der Waals surface area contributed by atoms with Crippen molar-refractivity contribution in [1.82, 2.24) is 0 Å². The van der Waals surface area contributed by atoms with Crippen LogP contribution >= 0.6 is 0 Å². The van der Waals surface area contributed by atoms with Gasteiger partial charge in [-0.05, 0) is 50.8 Å². The molecule has 0 heterocycles. The van der Waals surface area contributed by atoms with Gasteiger partial charge in [-0.25, -0.2) is 0 Å². The molecule has 3 atom stereocenters. The van der Waals surface area contributed by atoms with Crippen molar-refractivity contribution in [3.63, 3.8) is 0 Å². The number of nitrogens with two attached hydrogens (primary N) is 1. The zero-order valence-electron chi connectivity index (χ0n) is 19.6. The van der Waals surface area contributed by atoms with Gasteiger partial charge in [0, 0.05) is 13.8 Å². The fourth-order valence-corrected chi connectivity index (χ4v) is 3.57. The normalized spacial score (nSPS) is 16.8. The quantitative estimate of drug-likeness (QED) is 0.434. The van der Waals surface area contributed by atoms with Crippen LogP contribution in [0.3, 0.4) is 0 Å². The molecule has 182 valence electrons. The highest BCUT2D eigenvalue weighted by molar-refractivity contribution is 5.77. The average Bonchev–Trinajstić information content (AvgIpc) is 2.75. The Balaban J connectivity index is 1.93. The Labute approximate surface area is 193 Å². The maximum Gasteiger partial charge on any atom is 0.323 e. The molecule has 0 unspecified atom stereocenters. The fourth-order valence-electron chi connectivity index (χ4n) is 3.57. The Morgan fingerprint density at radius 2 is 1.48 bits per heavy atom. The zero-order chi connectivity index (χ0) is 24.5. The van der Waals surface area contributed by atoms with Gasteiger partial charge in [-0.15, -0.1) is 0 Å². The fraction of sp³-hybridized carbons (Fsp3) is 0.583. The molecule has 0 saturated heterocycles. The summed E-state index contributed by atoms with van der Waals surface area (Å²) in [6, 6.07) is 3.54. The monoisotopic (exact) mass is 463 g/mol. The van der Waals surface area contributed by atoms with E-state index >= 15 is 0 Å². The third-order valence-corrected chi connectivity index (χ3v) is 5.48. The molecule has 1 saturated carbocycles. The van der Waals surface area contributed by atoms with E-state index in [2.05, 4.69) is 0 Å². The van der Waals surface area contributed by atoms with Crippen LogP contribution in [0.5, 0.6) is 11.5 Å². The van der Waals surface area contributed by atoms with E-state index in [0.717, 1.165) is 32.1 Å². The predicted octanol–water partition coefficient (Wildman–Crippen LogP) is 2.85. The smallest absolute Gasteiger partial charge is 0.323 e. The molecule has 33 heavy (non-hydrogen) atoms. The van der Waals surface area contributed by atoms with Crippen LogP contribution in [0, 0.1) is 5.92 Å². The third kappa shape index (κ3) is 8.49. The summed E-state index contributed by atoms with van der Waals surface area (Å²) in [5.74, 6) is -2.01. The van der Waals surface area contributed by atoms with Gasteiger partial charge in [0.25, 0.3) is 0 Å². The van der Waals surface area contributed by atoms with Gasteiger partial charge in [0.05, 0.1) is 5.92 Å². The number of benzene rings is 1. The van der Waals surface area contributed by atoms with Crippen molar-refractivity contribution in [1.29, 1.82) is 0 Å². The Bertz CT molecular complexity index is 862. The van der Waals surface area contributed by atoms with Crippen molar-refractivity contribution < 1.29 is 38.1 Å². The molecule has 9 nitrogen and oxygen atoms in total. The number of esters is 4. The Morgan fingerprint density at radius 3 is 2.09 bits per heavy atom. The summed E-state index contributed by atoms with van der Waals surface area (Å²) in [6.07, 6.45) is 3.67. The lowest BCUT2D eigenvalue weighted by atomic mass is 9.89. The molecule has 1 aromatic rings. The maximum absolute atomic E-state index is 12.5. The van der Waals surface area contributed by atoms with E-state index in [9.17, 15) is 19.2 Å². The van der Waals surface area contributed by atoms with Gasteiger partial charge in [0.15, 0.2) is 11.5 Å². The van der Waals surface area contributed by atoms with Gasteiger partial charge in [-0.2, -0.15) is 0 Å². The molecule has 1 fully saturated rings. The van der Waals surface area contributed by atoms with Crippen molar-refractivity contribution in [2.45, 2.75) is 84.5 Å². The highest BCUT2D eigenvalue weighted by Crippen LogP contribution is 2.29. The van der Waals surface area contributed by atoms with Crippen molar-refractivity contribution >= 4 is 23.9 Å². The molecule has 1 aliphatic rings. The van der Waals surface area contributed by atoms with E-state index in [4.69, 9.17) is 24.7 Å². The zero-order valence-corrected chi connectivity index (χ0v) is 19.6. The van der Waals surface area contributed by atoms with Crippen LogP contribution in [0.4, 0.5) is 0 Å². The first-order chi connectivity index (χ1) is 15.6. The second-order valence-corrected chi connectivity index (χ2v) is 8.40. The molecule has 0 amide bonds. The molecular formula is C24H33NO8. The SMILES string of the molecule is CC(=O)Oc1ccc(C[C@H](N)C(=O)O[C@@H](C)[C@H](C)OC(=O)C2CCCCC2)cc1OC(C)=O. The van der Waals surface area contributed by atoms with E-state index in [-0.39, 0.29) is 29.8 Å². The van der Waals surface area contributed by atoms with Crippen LogP contribution < -0.4 is 15.2 Å². The summed E-state index contributed by atoms with van der Waals surface area (Å²) >= 11 is 0. The van der Waals surface area contributed by atoms with Crippen molar-refractivity contribution in [3.8, 4) is 11.5 Å². The van der Waals surface area contributed by atoms with E-state index in [0.29, 0.717) is 5.56 Å². The van der Waals surface area contributed by atoms with Gasteiger partial charge in [-0.1, -0.05) is 25.3 Å². The summed E-state index contributed by atoms with van der Waals surface area (Å²) in [4.78, 5) is 47.4. The first-order valence-corrected chi connectivity index (χ1v) is 11.2. The molecule has 1 aliphatic carbocycles. The summed E-state index contributed by atoms with van der Waals surface area (Å²) in [7, 11) is 0. The number of hydrogen-bond donors (Lipinski definition) is 1. The van der Waals surface area contributed by atoms with Crippen LogP contribution in [0.25, 0.3) is 0 Å². The van der Waals surface area contributed by atoms with Crippen LogP contribution in [0.15, 0.2) is 18.2 Å². The Morgan fingerprint density at radius 1 is 0.909 bits per heavy atom. The lowest BCUT2D eigenvalue weighted by molar-refractivity contribution is -0.169. The lowest BCUT2D eigenvalue weighted by Crippen LogP contribution is -2.40. The average molecular weight is 464 g/mol. The van der Waals surface area contributed by atoms with Gasteiger partial charge in [-0.3, -0.25) is 19.2 Å². The highest BCUT2D eigenvalue weighted by atomic mass is 16.6. The topological polar surface area (TPSA) is 131 Å². The molecule has 0 aliphatic heterocycles. The largest absolute Gasteiger partial charge is 0.459 e. The molecule has 2 rings (SSSR count). The molecule has 1 aromatic carbocycles. The van der Waals surface area contributed by atoms with Gasteiger partial charge >= 0.3 is 23.9 Å². The van der Waals surface area contributed by atoms with Crippen LogP contribution in [-0.2, 0) is 35.1 Å². The number of ether oxygens (including phenoxy) is 4. The lowest BCUT2D eigenvalue weighted by Gasteiger charge is -2.26. The van der Waals surface area contributed by atoms with Gasteiger partial charge < -0.3 is 24.7 Å². The van der Waals surface area contributed by atoms with E-state index in [1.54, 1.807) is 19.9 Å². The minimum Gasteiger partial charge on any atom is -0.459 e. The van der Waals surface area contributed by atoms with Crippen LogP contribution in [0.1, 0.15) is 65.4 Å². The first-order valence-electron chi connectivity index (χ1n) is 11.2. The maximum atomic E-state index is 12.5. The second kappa shape index (κ2) is 12.3. The highest BCUT2D eigenvalue weighted by Gasteiger charge is 2.28. The molecule has 9 heteroatoms. The minimum absolute atomic E-state index is 0.0485. The molecule has 0 aromatic heterocycles. The first kappa shape index (κ1) is 26.3. The van der Waals surface area contributed by atoms with E-state index in [1.165, 1.54) is 26.0 Å². The molecule has 0 spiro atoms. The molecule has 0 radical (unpaired) electrons. The van der Waals surface area contributed by atoms with Crippen molar-refractivity contribution in [3.05, 3.63) is 23.8 Å². The van der Waals surface area contributed by atoms with Gasteiger partial charge in [0.2, 0.25) is 0 Å². The second-order valence-electron chi connectivity index (χ2n) is 8.40. The number of carbonyl (C=O) groups is 4. The Kier molecular flexibility index (Phi) is 9.84. The number of carbonyl (C=O) groups excluding carboxylic acids is 4. The van der Waals surface area contributed by atoms with Crippen LogP contribution in [-0.4, -0.2) is 42.1 Å².